The van der Waals surface area contributed by atoms with E-state index in [1.165, 1.54) is 15.9 Å². The van der Waals surface area contributed by atoms with E-state index in [4.69, 9.17) is 0 Å². The van der Waals surface area contributed by atoms with E-state index in [9.17, 15) is 4.79 Å². The molecule has 8 heteroatoms. The molecule has 1 saturated heterocycles. The summed E-state index contributed by atoms with van der Waals surface area (Å²) in [6.45, 7) is 3.54. The molecule has 3 aromatic heterocycles. The van der Waals surface area contributed by atoms with Crippen LogP contribution in [0.1, 0.15) is 0 Å². The average molecular weight is 314 g/mol. The normalized spacial score (nSPS) is 15.4. The number of hydrogen-bond acceptors (Lipinski definition) is 7. The van der Waals surface area contributed by atoms with E-state index in [-0.39, 0.29) is 5.56 Å². The fraction of sp³-hybridized carbons (Fsp3) is 0.286. The summed E-state index contributed by atoms with van der Waals surface area (Å²) in [5.74, 6) is 0.733. The topological polar surface area (TPSA) is 75.4 Å². The zero-order valence-corrected chi connectivity index (χ0v) is 12.6. The Kier molecular flexibility index (Phi) is 3.32. The van der Waals surface area contributed by atoms with Gasteiger partial charge in [-0.2, -0.15) is 9.61 Å². The molecule has 0 spiro atoms. The Labute approximate surface area is 130 Å². The standard InChI is InChI=1S/C14H14N6OS/c21-12-9-11(19-7-5-16-6-8-19)17-14-20(12)18-13(22-14)10-1-3-15-4-2-10/h1-4,9,16H,5-8H2. The molecule has 0 aliphatic carbocycles. The Morgan fingerprint density at radius 1 is 1.18 bits per heavy atom. The lowest BCUT2D eigenvalue weighted by atomic mass is 10.3. The number of pyridine rings is 1. The summed E-state index contributed by atoms with van der Waals surface area (Å²) in [5, 5.41) is 8.43. The minimum atomic E-state index is -0.143. The van der Waals surface area contributed by atoms with Gasteiger partial charge < -0.3 is 10.2 Å². The van der Waals surface area contributed by atoms with Gasteiger partial charge in [0.15, 0.2) is 0 Å². The predicted octanol–water partition coefficient (Wildman–Crippen LogP) is 0.623. The molecule has 112 valence electrons. The first-order chi connectivity index (χ1) is 10.8. The van der Waals surface area contributed by atoms with Gasteiger partial charge in [0.05, 0.1) is 0 Å². The van der Waals surface area contributed by atoms with Crippen molar-refractivity contribution in [2.24, 2.45) is 0 Å². The van der Waals surface area contributed by atoms with E-state index in [1.54, 1.807) is 18.5 Å². The van der Waals surface area contributed by atoms with Gasteiger partial charge in [-0.15, -0.1) is 0 Å². The van der Waals surface area contributed by atoms with Crippen molar-refractivity contribution in [2.75, 3.05) is 31.1 Å². The lowest BCUT2D eigenvalue weighted by Gasteiger charge is -2.27. The van der Waals surface area contributed by atoms with Crippen LogP contribution in [0.4, 0.5) is 5.82 Å². The van der Waals surface area contributed by atoms with Gasteiger partial charge in [0.25, 0.3) is 5.56 Å². The Bertz CT molecular complexity index is 853. The number of nitrogens with zero attached hydrogens (tertiary/aromatic N) is 5. The van der Waals surface area contributed by atoms with E-state index >= 15 is 0 Å². The Morgan fingerprint density at radius 2 is 1.95 bits per heavy atom. The van der Waals surface area contributed by atoms with Gasteiger partial charge in [0.1, 0.15) is 10.8 Å². The van der Waals surface area contributed by atoms with Crippen LogP contribution >= 0.6 is 11.3 Å². The van der Waals surface area contributed by atoms with Gasteiger partial charge in [0, 0.05) is 50.2 Å². The van der Waals surface area contributed by atoms with Crippen molar-refractivity contribution in [2.45, 2.75) is 0 Å². The molecule has 0 unspecified atom stereocenters. The SMILES string of the molecule is O=c1cc(N2CCNCC2)nc2sc(-c3ccncc3)nn12. The van der Waals surface area contributed by atoms with Crippen molar-refractivity contribution in [1.29, 1.82) is 0 Å². The zero-order chi connectivity index (χ0) is 14.9. The predicted molar refractivity (Wildman–Crippen MR) is 85.4 cm³/mol. The minimum Gasteiger partial charge on any atom is -0.354 e. The van der Waals surface area contributed by atoms with Crippen LogP contribution in [0.25, 0.3) is 15.5 Å². The maximum atomic E-state index is 12.3. The first-order valence-electron chi connectivity index (χ1n) is 7.08. The molecule has 0 bridgehead atoms. The Balaban J connectivity index is 1.79. The third kappa shape index (κ3) is 2.36. The van der Waals surface area contributed by atoms with Gasteiger partial charge in [-0.05, 0) is 12.1 Å². The molecule has 4 rings (SSSR count). The second-order valence-electron chi connectivity index (χ2n) is 5.03. The highest BCUT2D eigenvalue weighted by Crippen LogP contribution is 2.24. The Morgan fingerprint density at radius 3 is 2.73 bits per heavy atom. The number of aromatic nitrogens is 4. The molecule has 3 aromatic rings. The maximum absolute atomic E-state index is 12.3. The molecule has 0 saturated carbocycles. The molecular weight excluding hydrogens is 300 g/mol. The highest BCUT2D eigenvalue weighted by atomic mass is 32.1. The number of fused-ring (bicyclic) bond motifs is 1. The van der Waals surface area contributed by atoms with Crippen LogP contribution in [0.2, 0.25) is 0 Å². The second-order valence-corrected chi connectivity index (χ2v) is 5.98. The smallest absolute Gasteiger partial charge is 0.277 e. The molecule has 4 heterocycles. The largest absolute Gasteiger partial charge is 0.354 e. The van der Waals surface area contributed by atoms with Gasteiger partial charge in [-0.3, -0.25) is 9.78 Å². The van der Waals surface area contributed by atoms with Crippen LogP contribution in [0.15, 0.2) is 35.4 Å². The third-order valence-corrected chi connectivity index (χ3v) is 4.56. The van der Waals surface area contributed by atoms with E-state index in [0.29, 0.717) is 4.96 Å². The summed E-state index contributed by atoms with van der Waals surface area (Å²) in [4.78, 5) is 23.7. The summed E-state index contributed by atoms with van der Waals surface area (Å²) in [5.41, 5.74) is 0.795. The van der Waals surface area contributed by atoms with Gasteiger partial charge in [-0.25, -0.2) is 4.98 Å². The fourth-order valence-corrected chi connectivity index (χ4v) is 3.37. The van der Waals surface area contributed by atoms with Crippen LogP contribution in [-0.4, -0.2) is 45.8 Å². The molecule has 0 amide bonds. The van der Waals surface area contributed by atoms with Crippen molar-refractivity contribution >= 4 is 22.1 Å². The Hall–Kier alpha value is -2.32. The van der Waals surface area contributed by atoms with Crippen molar-refractivity contribution in [3.63, 3.8) is 0 Å². The minimum absolute atomic E-state index is 0.143. The van der Waals surface area contributed by atoms with E-state index in [1.807, 2.05) is 12.1 Å². The number of hydrogen-bond donors (Lipinski definition) is 1. The van der Waals surface area contributed by atoms with E-state index < -0.39 is 0 Å². The second kappa shape index (κ2) is 5.47. The molecule has 0 atom stereocenters. The zero-order valence-electron chi connectivity index (χ0n) is 11.8. The van der Waals surface area contributed by atoms with E-state index in [2.05, 4.69) is 25.3 Å². The molecule has 0 radical (unpaired) electrons. The van der Waals surface area contributed by atoms with E-state index in [0.717, 1.165) is 42.6 Å². The number of anilines is 1. The molecule has 22 heavy (non-hydrogen) atoms. The van der Waals surface area contributed by atoms with Crippen LogP contribution in [0.5, 0.6) is 0 Å². The third-order valence-electron chi connectivity index (χ3n) is 3.60. The first kappa shape index (κ1) is 13.4. The molecule has 1 N–H and O–H groups in total. The molecule has 1 aliphatic heterocycles. The average Bonchev–Trinajstić information content (AvgIpc) is 3.01. The highest BCUT2D eigenvalue weighted by molar-refractivity contribution is 7.19. The van der Waals surface area contributed by atoms with Gasteiger partial charge in [-0.1, -0.05) is 11.3 Å². The number of nitrogens with one attached hydrogen (secondary N) is 1. The highest BCUT2D eigenvalue weighted by Gasteiger charge is 2.16. The van der Waals surface area contributed by atoms with Crippen molar-refractivity contribution in [3.05, 3.63) is 40.9 Å². The van der Waals surface area contributed by atoms with Crippen LogP contribution in [0, 0.1) is 0 Å². The fourth-order valence-electron chi connectivity index (χ4n) is 2.47. The monoisotopic (exact) mass is 314 g/mol. The number of piperazine rings is 1. The van der Waals surface area contributed by atoms with Crippen molar-refractivity contribution in [3.8, 4) is 10.6 Å². The lowest BCUT2D eigenvalue weighted by molar-refractivity contribution is 0.584. The first-order valence-corrected chi connectivity index (χ1v) is 7.90. The lowest BCUT2D eigenvalue weighted by Crippen LogP contribution is -2.44. The summed E-state index contributed by atoms with van der Waals surface area (Å²) in [6, 6.07) is 5.31. The van der Waals surface area contributed by atoms with Crippen molar-refractivity contribution in [1.82, 2.24) is 24.9 Å². The number of rotatable bonds is 2. The quantitative estimate of drug-likeness (QED) is 0.747. The van der Waals surface area contributed by atoms with Crippen LogP contribution in [-0.2, 0) is 0 Å². The van der Waals surface area contributed by atoms with Crippen LogP contribution in [0.3, 0.4) is 0 Å². The maximum Gasteiger partial charge on any atom is 0.277 e. The van der Waals surface area contributed by atoms with Crippen LogP contribution < -0.4 is 15.8 Å². The molecule has 1 fully saturated rings. The van der Waals surface area contributed by atoms with Gasteiger partial charge >= 0.3 is 0 Å². The van der Waals surface area contributed by atoms with Gasteiger partial charge in [0.2, 0.25) is 4.96 Å². The summed E-state index contributed by atoms with van der Waals surface area (Å²) >= 11 is 1.41. The molecule has 1 aliphatic rings. The molecule has 7 nitrogen and oxygen atoms in total. The van der Waals surface area contributed by atoms with Crippen molar-refractivity contribution < 1.29 is 0 Å². The summed E-state index contributed by atoms with van der Waals surface area (Å²) < 4.78 is 1.37. The molecule has 0 aromatic carbocycles. The molecular formula is C14H14N6OS. The summed E-state index contributed by atoms with van der Waals surface area (Å²) in [6.07, 6.45) is 3.42. The summed E-state index contributed by atoms with van der Waals surface area (Å²) in [7, 11) is 0.